The van der Waals surface area contributed by atoms with Crippen molar-refractivity contribution in [2.45, 2.75) is 45.1 Å². The quantitative estimate of drug-likeness (QED) is 0.361. The predicted molar refractivity (Wildman–Crippen MR) is 131 cm³/mol. The number of halogens is 1. The van der Waals surface area contributed by atoms with E-state index in [4.69, 9.17) is 0 Å². The molecule has 1 aromatic carbocycles. The van der Waals surface area contributed by atoms with Gasteiger partial charge in [0, 0.05) is 57.9 Å². The van der Waals surface area contributed by atoms with Gasteiger partial charge in [-0.2, -0.15) is 0 Å². The van der Waals surface area contributed by atoms with Crippen LogP contribution in [0.25, 0.3) is 0 Å². The Morgan fingerprint density at radius 1 is 1.07 bits per heavy atom. The Morgan fingerprint density at radius 2 is 1.72 bits per heavy atom. The maximum Gasteiger partial charge on any atom is 0.224 e. The van der Waals surface area contributed by atoms with Crippen molar-refractivity contribution in [1.29, 1.82) is 0 Å². The fraction of sp³-hybridized carbons (Fsp3) is 0.636. The van der Waals surface area contributed by atoms with Crippen LogP contribution in [-0.4, -0.2) is 62.6 Å². The van der Waals surface area contributed by atoms with E-state index in [1.54, 1.807) is 7.05 Å². The molecule has 2 N–H and O–H groups in total. The Labute approximate surface area is 192 Å². The zero-order valence-corrected chi connectivity index (χ0v) is 20.1. The standard InChI is InChI=1S/C22H35N5O.HI/c1-18-8-10-19(11-9-18)25-22(23-2)24-13-12-21(28)27-16-14-26(15-17-27)20-6-4-3-5-7-20;/h3-7,18-19H,8-17H2,1-2H3,(H2,23,24,25);1H. The van der Waals surface area contributed by atoms with E-state index in [0.29, 0.717) is 19.0 Å². The summed E-state index contributed by atoms with van der Waals surface area (Å²) in [5, 5.41) is 6.82. The van der Waals surface area contributed by atoms with E-state index in [1.807, 2.05) is 11.0 Å². The molecule has 0 bridgehead atoms. The minimum atomic E-state index is 0. The molecule has 0 aromatic heterocycles. The van der Waals surface area contributed by atoms with Gasteiger partial charge in [-0.05, 0) is 43.7 Å². The van der Waals surface area contributed by atoms with Crippen molar-refractivity contribution in [2.75, 3.05) is 44.7 Å². The summed E-state index contributed by atoms with van der Waals surface area (Å²) in [7, 11) is 1.80. The predicted octanol–water partition coefficient (Wildman–Crippen LogP) is 3.09. The highest BCUT2D eigenvalue weighted by atomic mass is 127. The number of rotatable bonds is 5. The minimum absolute atomic E-state index is 0. The van der Waals surface area contributed by atoms with E-state index in [0.717, 1.165) is 38.1 Å². The second kappa shape index (κ2) is 12.2. The van der Waals surface area contributed by atoms with Crippen LogP contribution in [0.5, 0.6) is 0 Å². The number of anilines is 1. The van der Waals surface area contributed by atoms with Crippen LogP contribution >= 0.6 is 24.0 Å². The van der Waals surface area contributed by atoms with Crippen LogP contribution in [0.4, 0.5) is 5.69 Å². The van der Waals surface area contributed by atoms with Crippen molar-refractivity contribution in [3.63, 3.8) is 0 Å². The van der Waals surface area contributed by atoms with Crippen molar-refractivity contribution in [3.8, 4) is 0 Å². The van der Waals surface area contributed by atoms with E-state index in [1.165, 1.54) is 31.4 Å². The van der Waals surface area contributed by atoms with Gasteiger partial charge in [-0.15, -0.1) is 24.0 Å². The highest BCUT2D eigenvalue weighted by Gasteiger charge is 2.21. The monoisotopic (exact) mass is 513 g/mol. The Morgan fingerprint density at radius 3 is 2.34 bits per heavy atom. The number of guanidine groups is 1. The van der Waals surface area contributed by atoms with Gasteiger partial charge in [-0.25, -0.2) is 0 Å². The second-order valence-electron chi connectivity index (χ2n) is 8.05. The van der Waals surface area contributed by atoms with E-state index in [9.17, 15) is 4.79 Å². The molecule has 0 radical (unpaired) electrons. The number of nitrogens with zero attached hydrogens (tertiary/aromatic N) is 3. The Balaban J connectivity index is 0.00000300. The highest BCUT2D eigenvalue weighted by Crippen LogP contribution is 2.23. The maximum absolute atomic E-state index is 12.5. The molecule has 1 saturated heterocycles. The number of amides is 1. The molecule has 7 heteroatoms. The molecule has 0 atom stereocenters. The summed E-state index contributed by atoms with van der Waals surface area (Å²) < 4.78 is 0. The third-order valence-corrected chi connectivity index (χ3v) is 5.97. The summed E-state index contributed by atoms with van der Waals surface area (Å²) in [5.74, 6) is 1.89. The summed E-state index contributed by atoms with van der Waals surface area (Å²) >= 11 is 0. The normalized spacial score (nSPS) is 22.6. The van der Waals surface area contributed by atoms with Gasteiger partial charge in [0.1, 0.15) is 0 Å². The Bertz CT molecular complexity index is 638. The zero-order valence-electron chi connectivity index (χ0n) is 17.8. The van der Waals surface area contributed by atoms with Crippen LogP contribution in [0.15, 0.2) is 35.3 Å². The number of para-hydroxylation sites is 1. The van der Waals surface area contributed by atoms with Gasteiger partial charge < -0.3 is 20.4 Å². The topological polar surface area (TPSA) is 60.0 Å². The van der Waals surface area contributed by atoms with Gasteiger partial charge in [0.05, 0.1) is 0 Å². The first-order valence-electron chi connectivity index (χ1n) is 10.7. The fourth-order valence-electron chi connectivity index (χ4n) is 4.09. The first kappa shape index (κ1) is 23.8. The van der Waals surface area contributed by atoms with Crippen molar-refractivity contribution >= 4 is 41.5 Å². The molecule has 2 aliphatic rings. The molecular weight excluding hydrogens is 477 g/mol. The summed E-state index contributed by atoms with van der Waals surface area (Å²) in [6.45, 7) is 6.33. The molecule has 1 aromatic rings. The molecule has 0 spiro atoms. The van der Waals surface area contributed by atoms with Crippen molar-refractivity contribution in [1.82, 2.24) is 15.5 Å². The first-order valence-corrected chi connectivity index (χ1v) is 10.7. The molecule has 162 valence electrons. The summed E-state index contributed by atoms with van der Waals surface area (Å²) in [6, 6.07) is 10.9. The van der Waals surface area contributed by atoms with Crippen LogP contribution in [0.2, 0.25) is 0 Å². The van der Waals surface area contributed by atoms with Gasteiger partial charge in [0.2, 0.25) is 5.91 Å². The second-order valence-corrected chi connectivity index (χ2v) is 8.05. The molecule has 1 aliphatic heterocycles. The zero-order chi connectivity index (χ0) is 19.8. The van der Waals surface area contributed by atoms with Crippen molar-refractivity contribution < 1.29 is 4.79 Å². The highest BCUT2D eigenvalue weighted by molar-refractivity contribution is 14.0. The molecular formula is C22H36IN5O. The van der Waals surface area contributed by atoms with Crippen LogP contribution in [-0.2, 0) is 4.79 Å². The number of hydrogen-bond acceptors (Lipinski definition) is 3. The molecule has 3 rings (SSSR count). The number of piperazine rings is 1. The fourth-order valence-corrected chi connectivity index (χ4v) is 4.09. The van der Waals surface area contributed by atoms with Crippen LogP contribution in [0, 0.1) is 5.92 Å². The molecule has 0 unspecified atom stereocenters. The first-order chi connectivity index (χ1) is 13.7. The van der Waals surface area contributed by atoms with E-state index < -0.39 is 0 Å². The van der Waals surface area contributed by atoms with Gasteiger partial charge >= 0.3 is 0 Å². The summed E-state index contributed by atoms with van der Waals surface area (Å²) in [5.41, 5.74) is 1.24. The van der Waals surface area contributed by atoms with Crippen molar-refractivity contribution in [2.24, 2.45) is 10.9 Å². The average Bonchev–Trinajstić information content (AvgIpc) is 2.75. The number of nitrogens with one attached hydrogen (secondary N) is 2. The minimum Gasteiger partial charge on any atom is -0.368 e. The van der Waals surface area contributed by atoms with Crippen LogP contribution < -0.4 is 15.5 Å². The number of aliphatic imine (C=N–C) groups is 1. The molecule has 29 heavy (non-hydrogen) atoms. The SMILES string of the molecule is CN=C(NCCC(=O)N1CCN(c2ccccc2)CC1)NC1CCC(C)CC1.I. The third-order valence-electron chi connectivity index (χ3n) is 5.97. The van der Waals surface area contributed by atoms with E-state index in [-0.39, 0.29) is 29.9 Å². The lowest BCUT2D eigenvalue weighted by atomic mass is 9.87. The van der Waals surface area contributed by atoms with E-state index >= 15 is 0 Å². The van der Waals surface area contributed by atoms with Crippen molar-refractivity contribution in [3.05, 3.63) is 30.3 Å². The Kier molecular flexibility index (Phi) is 10.0. The van der Waals surface area contributed by atoms with Gasteiger partial charge in [0.15, 0.2) is 5.96 Å². The average molecular weight is 513 g/mol. The molecule has 1 saturated carbocycles. The van der Waals surface area contributed by atoms with E-state index in [2.05, 4.69) is 51.7 Å². The smallest absolute Gasteiger partial charge is 0.224 e. The Hall–Kier alpha value is -1.51. The number of carbonyl (C=O) groups excluding carboxylic acids is 1. The maximum atomic E-state index is 12.5. The lowest BCUT2D eigenvalue weighted by Crippen LogP contribution is -2.50. The van der Waals surface area contributed by atoms with Gasteiger partial charge in [-0.1, -0.05) is 25.1 Å². The number of hydrogen-bond donors (Lipinski definition) is 2. The number of benzene rings is 1. The molecule has 2 fully saturated rings. The molecule has 1 amide bonds. The van der Waals surface area contributed by atoms with Crippen LogP contribution in [0.3, 0.4) is 0 Å². The number of carbonyl (C=O) groups is 1. The molecule has 6 nitrogen and oxygen atoms in total. The van der Waals surface area contributed by atoms with Gasteiger partial charge in [-0.3, -0.25) is 9.79 Å². The summed E-state index contributed by atoms with van der Waals surface area (Å²) in [6.07, 6.45) is 5.47. The molecule has 1 heterocycles. The molecule has 1 aliphatic carbocycles. The van der Waals surface area contributed by atoms with Gasteiger partial charge in [0.25, 0.3) is 0 Å². The third kappa shape index (κ3) is 7.35. The van der Waals surface area contributed by atoms with Crippen LogP contribution in [0.1, 0.15) is 39.0 Å². The lowest BCUT2D eigenvalue weighted by molar-refractivity contribution is -0.131. The lowest BCUT2D eigenvalue weighted by Gasteiger charge is -2.36. The summed E-state index contributed by atoms with van der Waals surface area (Å²) in [4.78, 5) is 21.2. The largest absolute Gasteiger partial charge is 0.368 e.